The minimum absolute atomic E-state index is 0.217. The van der Waals surface area contributed by atoms with E-state index in [4.69, 9.17) is 9.47 Å². The Hall–Kier alpha value is -3.55. The molecule has 0 bridgehead atoms. The minimum Gasteiger partial charge on any atom is -0.497 e. The van der Waals surface area contributed by atoms with Gasteiger partial charge < -0.3 is 25.4 Å². The molecule has 0 aliphatic carbocycles. The van der Waals surface area contributed by atoms with E-state index in [9.17, 15) is 14.4 Å². The summed E-state index contributed by atoms with van der Waals surface area (Å²) in [6.45, 7) is 0. The molecule has 0 radical (unpaired) electrons. The van der Waals surface area contributed by atoms with Crippen LogP contribution in [0.15, 0.2) is 42.5 Å². The second-order valence-corrected chi connectivity index (χ2v) is 5.91. The Balaban J connectivity index is 1.71. The molecule has 1 aliphatic rings. The topological polar surface area (TPSA) is 106 Å². The normalized spacial score (nSPS) is 15.7. The van der Waals surface area contributed by atoms with E-state index in [1.54, 1.807) is 42.5 Å². The van der Waals surface area contributed by atoms with E-state index < -0.39 is 23.8 Å². The van der Waals surface area contributed by atoms with Crippen LogP contribution < -0.4 is 25.4 Å². The lowest BCUT2D eigenvalue weighted by Crippen LogP contribution is -2.43. The van der Waals surface area contributed by atoms with Gasteiger partial charge in [0.2, 0.25) is 11.8 Å². The van der Waals surface area contributed by atoms with Crippen molar-refractivity contribution in [3.05, 3.63) is 48.0 Å². The maximum atomic E-state index is 12.4. The van der Waals surface area contributed by atoms with Crippen LogP contribution in [0.3, 0.4) is 0 Å². The summed E-state index contributed by atoms with van der Waals surface area (Å²) in [5.41, 5.74) is 1.23. The summed E-state index contributed by atoms with van der Waals surface area (Å²) in [6.07, 6.45) is -0.217. The lowest BCUT2D eigenvalue weighted by Gasteiger charge is -2.15. The van der Waals surface area contributed by atoms with Gasteiger partial charge in [0.15, 0.2) is 0 Å². The van der Waals surface area contributed by atoms with Crippen LogP contribution in [0.1, 0.15) is 16.8 Å². The first-order chi connectivity index (χ1) is 13.0. The Kier molecular flexibility index (Phi) is 5.25. The third-order valence-corrected chi connectivity index (χ3v) is 4.08. The first-order valence-corrected chi connectivity index (χ1v) is 8.24. The number of nitrogens with one attached hydrogen (secondary N) is 3. The van der Waals surface area contributed by atoms with Crippen LogP contribution in [0, 0.1) is 0 Å². The van der Waals surface area contributed by atoms with E-state index in [0.29, 0.717) is 28.4 Å². The number of benzene rings is 2. The predicted molar refractivity (Wildman–Crippen MR) is 99.1 cm³/mol. The van der Waals surface area contributed by atoms with Gasteiger partial charge >= 0.3 is 0 Å². The number of rotatable bonds is 5. The SMILES string of the molecule is COc1cc(NC(=O)C[C@H]2NC(=O)c3ccccc3NC2=O)cc(OC)c1. The number of amides is 3. The maximum absolute atomic E-state index is 12.4. The van der Waals surface area contributed by atoms with Gasteiger partial charge in [0.05, 0.1) is 31.9 Å². The Morgan fingerprint density at radius 3 is 2.41 bits per heavy atom. The van der Waals surface area contributed by atoms with Crippen molar-refractivity contribution in [2.75, 3.05) is 24.9 Å². The second-order valence-electron chi connectivity index (χ2n) is 5.91. The Morgan fingerprint density at radius 1 is 1.07 bits per heavy atom. The van der Waals surface area contributed by atoms with Gasteiger partial charge in [-0.2, -0.15) is 0 Å². The molecule has 0 saturated carbocycles. The predicted octanol–water partition coefficient (Wildman–Crippen LogP) is 1.78. The average Bonchev–Trinajstić information content (AvgIpc) is 2.78. The van der Waals surface area contributed by atoms with Crippen molar-refractivity contribution in [2.45, 2.75) is 12.5 Å². The number of hydrogen-bond acceptors (Lipinski definition) is 5. The molecule has 1 atom stereocenters. The van der Waals surface area contributed by atoms with Gasteiger partial charge in [-0.15, -0.1) is 0 Å². The highest BCUT2D eigenvalue weighted by Gasteiger charge is 2.29. The molecule has 0 unspecified atom stereocenters. The fourth-order valence-corrected chi connectivity index (χ4v) is 2.73. The van der Waals surface area contributed by atoms with Gasteiger partial charge in [-0.25, -0.2) is 0 Å². The Morgan fingerprint density at radius 2 is 1.74 bits per heavy atom. The highest BCUT2D eigenvalue weighted by molar-refractivity contribution is 6.11. The molecule has 27 heavy (non-hydrogen) atoms. The molecular weight excluding hydrogens is 350 g/mol. The van der Waals surface area contributed by atoms with Crippen molar-refractivity contribution < 1.29 is 23.9 Å². The van der Waals surface area contributed by atoms with E-state index in [2.05, 4.69) is 16.0 Å². The van der Waals surface area contributed by atoms with Crippen LogP contribution in [0.4, 0.5) is 11.4 Å². The highest BCUT2D eigenvalue weighted by Crippen LogP contribution is 2.26. The van der Waals surface area contributed by atoms with E-state index in [0.717, 1.165) is 0 Å². The van der Waals surface area contributed by atoms with Crippen molar-refractivity contribution >= 4 is 29.1 Å². The third kappa shape index (κ3) is 4.17. The van der Waals surface area contributed by atoms with Crippen LogP contribution in [0.5, 0.6) is 11.5 Å². The van der Waals surface area contributed by atoms with Crippen molar-refractivity contribution in [3.63, 3.8) is 0 Å². The lowest BCUT2D eigenvalue weighted by molar-refractivity contribution is -0.122. The number of fused-ring (bicyclic) bond motifs is 1. The van der Waals surface area contributed by atoms with Crippen molar-refractivity contribution in [1.29, 1.82) is 0 Å². The number of hydrogen-bond donors (Lipinski definition) is 3. The summed E-state index contributed by atoms with van der Waals surface area (Å²) >= 11 is 0. The number of anilines is 2. The van der Waals surface area contributed by atoms with Gasteiger partial charge in [0, 0.05) is 23.9 Å². The third-order valence-electron chi connectivity index (χ3n) is 4.08. The minimum atomic E-state index is -0.989. The van der Waals surface area contributed by atoms with Crippen LogP contribution in [0.2, 0.25) is 0 Å². The summed E-state index contributed by atoms with van der Waals surface area (Å²) in [5.74, 6) is -0.269. The van der Waals surface area contributed by atoms with Gasteiger partial charge in [-0.3, -0.25) is 14.4 Å². The van der Waals surface area contributed by atoms with Gasteiger partial charge in [-0.05, 0) is 12.1 Å². The zero-order chi connectivity index (χ0) is 19.4. The molecule has 2 aromatic carbocycles. The molecule has 0 fully saturated rings. The largest absolute Gasteiger partial charge is 0.497 e. The summed E-state index contributed by atoms with van der Waals surface area (Å²) < 4.78 is 10.3. The smallest absolute Gasteiger partial charge is 0.254 e. The van der Waals surface area contributed by atoms with Crippen molar-refractivity contribution in [1.82, 2.24) is 5.32 Å². The lowest BCUT2D eigenvalue weighted by atomic mass is 10.1. The maximum Gasteiger partial charge on any atom is 0.254 e. The molecule has 1 heterocycles. The first-order valence-electron chi connectivity index (χ1n) is 8.24. The second kappa shape index (κ2) is 7.77. The molecule has 0 aromatic heterocycles. The van der Waals surface area contributed by atoms with Gasteiger partial charge in [0.25, 0.3) is 5.91 Å². The molecule has 8 heteroatoms. The average molecular weight is 369 g/mol. The Labute approximate surface area is 155 Å². The summed E-state index contributed by atoms with van der Waals surface area (Å²) in [5, 5.41) is 7.94. The van der Waals surface area contributed by atoms with Crippen LogP contribution in [-0.4, -0.2) is 38.0 Å². The molecular formula is C19H19N3O5. The van der Waals surface area contributed by atoms with Crippen LogP contribution in [-0.2, 0) is 9.59 Å². The Bertz CT molecular complexity index is 874. The fraction of sp³-hybridized carbons (Fsp3) is 0.211. The van der Waals surface area contributed by atoms with Crippen molar-refractivity contribution in [2.24, 2.45) is 0 Å². The molecule has 140 valence electrons. The van der Waals surface area contributed by atoms with E-state index in [1.807, 2.05) is 0 Å². The van der Waals surface area contributed by atoms with E-state index in [-0.39, 0.29) is 6.42 Å². The highest BCUT2D eigenvalue weighted by atomic mass is 16.5. The molecule has 0 spiro atoms. The number of para-hydroxylation sites is 1. The summed E-state index contributed by atoms with van der Waals surface area (Å²) in [7, 11) is 3.01. The van der Waals surface area contributed by atoms with Crippen LogP contribution >= 0.6 is 0 Å². The van der Waals surface area contributed by atoms with Crippen LogP contribution in [0.25, 0.3) is 0 Å². The number of ether oxygens (including phenoxy) is 2. The molecule has 1 aliphatic heterocycles. The zero-order valence-corrected chi connectivity index (χ0v) is 14.9. The quantitative estimate of drug-likeness (QED) is 0.745. The van der Waals surface area contributed by atoms with Gasteiger partial charge in [-0.1, -0.05) is 12.1 Å². The molecule has 3 rings (SSSR count). The van der Waals surface area contributed by atoms with Crippen molar-refractivity contribution in [3.8, 4) is 11.5 Å². The number of carbonyl (C=O) groups excluding carboxylic acids is 3. The van der Waals surface area contributed by atoms with E-state index in [1.165, 1.54) is 14.2 Å². The summed E-state index contributed by atoms with van der Waals surface area (Å²) in [4.78, 5) is 37.1. The summed E-state index contributed by atoms with van der Waals surface area (Å²) in [6, 6.07) is 10.6. The standard InChI is InChI=1S/C19H19N3O5/c1-26-12-7-11(8-13(9-12)27-2)20-17(23)10-16-19(25)21-15-6-4-3-5-14(15)18(24)22-16/h3-9,16H,10H2,1-2H3,(H,20,23)(H,21,25)(H,22,24)/t16-/m1/s1. The molecule has 3 N–H and O–H groups in total. The number of carbonyl (C=O) groups is 3. The fourth-order valence-electron chi connectivity index (χ4n) is 2.73. The first kappa shape index (κ1) is 18.2. The molecule has 3 amide bonds. The number of methoxy groups -OCH3 is 2. The van der Waals surface area contributed by atoms with E-state index >= 15 is 0 Å². The molecule has 2 aromatic rings. The monoisotopic (exact) mass is 369 g/mol. The molecule has 0 saturated heterocycles. The molecule has 8 nitrogen and oxygen atoms in total. The van der Waals surface area contributed by atoms with Gasteiger partial charge in [0.1, 0.15) is 17.5 Å². The zero-order valence-electron chi connectivity index (χ0n) is 14.9.